The number of methoxy groups -OCH3 is 1. The summed E-state index contributed by atoms with van der Waals surface area (Å²) in [7, 11) is 3.61. The van der Waals surface area contributed by atoms with E-state index in [1.165, 1.54) is 38.5 Å². The van der Waals surface area contributed by atoms with Crippen LogP contribution >= 0.6 is 0 Å². The molecule has 0 aromatic rings. The average Bonchev–Trinajstić information content (AvgIpc) is 2.92. The molecule has 1 aliphatic heterocycles. The van der Waals surface area contributed by atoms with Gasteiger partial charge in [-0.05, 0) is 25.7 Å². The lowest BCUT2D eigenvalue weighted by Crippen LogP contribution is -2.49. The summed E-state index contributed by atoms with van der Waals surface area (Å²) in [5, 5.41) is 6.95. The number of guanidine groups is 1. The van der Waals surface area contributed by atoms with Gasteiger partial charge in [0, 0.05) is 46.4 Å². The van der Waals surface area contributed by atoms with E-state index in [-0.39, 0.29) is 0 Å². The SMILES string of the molecule is CN=C(NCCOC1CCCCCC1)NC1CCN(CCOC)CC1. The Labute approximate surface area is 153 Å². The molecule has 0 amide bonds. The van der Waals surface area contributed by atoms with Gasteiger partial charge in [0.05, 0.1) is 19.3 Å². The number of nitrogens with one attached hydrogen (secondary N) is 2. The molecular weight excluding hydrogens is 316 g/mol. The molecule has 1 heterocycles. The van der Waals surface area contributed by atoms with Crippen LogP contribution in [-0.4, -0.2) is 76.6 Å². The van der Waals surface area contributed by atoms with Crippen molar-refractivity contribution in [3.63, 3.8) is 0 Å². The third kappa shape index (κ3) is 8.38. The third-order valence-electron chi connectivity index (χ3n) is 5.31. The monoisotopic (exact) mass is 354 g/mol. The Bertz CT molecular complexity index is 362. The zero-order valence-electron chi connectivity index (χ0n) is 16.3. The molecule has 0 spiro atoms. The molecule has 25 heavy (non-hydrogen) atoms. The smallest absolute Gasteiger partial charge is 0.191 e. The summed E-state index contributed by atoms with van der Waals surface area (Å²) < 4.78 is 11.2. The fourth-order valence-electron chi connectivity index (χ4n) is 3.71. The number of aliphatic imine (C=N–C) groups is 1. The molecule has 146 valence electrons. The van der Waals surface area contributed by atoms with Crippen LogP contribution in [0, 0.1) is 0 Å². The van der Waals surface area contributed by atoms with Crippen molar-refractivity contribution in [2.45, 2.75) is 63.5 Å². The molecule has 0 atom stereocenters. The van der Waals surface area contributed by atoms with Crippen molar-refractivity contribution in [3.05, 3.63) is 0 Å². The topological polar surface area (TPSA) is 58.1 Å². The van der Waals surface area contributed by atoms with E-state index in [2.05, 4.69) is 20.5 Å². The normalized spacial score (nSPS) is 21.9. The van der Waals surface area contributed by atoms with Gasteiger partial charge in [0.25, 0.3) is 0 Å². The predicted molar refractivity (Wildman–Crippen MR) is 103 cm³/mol. The quantitative estimate of drug-likeness (QED) is 0.302. The van der Waals surface area contributed by atoms with Gasteiger partial charge >= 0.3 is 0 Å². The van der Waals surface area contributed by atoms with Crippen molar-refractivity contribution in [2.24, 2.45) is 4.99 Å². The highest BCUT2D eigenvalue weighted by molar-refractivity contribution is 5.79. The van der Waals surface area contributed by atoms with Crippen molar-refractivity contribution >= 4 is 5.96 Å². The molecule has 1 saturated carbocycles. The van der Waals surface area contributed by atoms with Crippen LogP contribution in [0.5, 0.6) is 0 Å². The summed E-state index contributed by atoms with van der Waals surface area (Å²) in [6, 6.07) is 0.507. The van der Waals surface area contributed by atoms with Gasteiger partial charge in [-0.15, -0.1) is 0 Å². The molecule has 2 N–H and O–H groups in total. The van der Waals surface area contributed by atoms with Gasteiger partial charge in [0.15, 0.2) is 5.96 Å². The third-order valence-corrected chi connectivity index (χ3v) is 5.31. The Hall–Kier alpha value is -0.850. The Morgan fingerprint density at radius 2 is 1.76 bits per heavy atom. The van der Waals surface area contributed by atoms with E-state index in [4.69, 9.17) is 9.47 Å². The molecule has 0 bridgehead atoms. The second-order valence-corrected chi connectivity index (χ2v) is 7.24. The van der Waals surface area contributed by atoms with E-state index in [9.17, 15) is 0 Å². The number of nitrogens with zero attached hydrogens (tertiary/aromatic N) is 2. The number of hydrogen-bond donors (Lipinski definition) is 2. The highest BCUT2D eigenvalue weighted by atomic mass is 16.5. The van der Waals surface area contributed by atoms with E-state index in [0.29, 0.717) is 12.1 Å². The number of hydrogen-bond acceptors (Lipinski definition) is 4. The van der Waals surface area contributed by atoms with Crippen molar-refractivity contribution in [1.29, 1.82) is 0 Å². The molecule has 2 fully saturated rings. The van der Waals surface area contributed by atoms with Gasteiger partial charge in [-0.1, -0.05) is 25.7 Å². The van der Waals surface area contributed by atoms with Crippen LogP contribution in [-0.2, 0) is 9.47 Å². The molecule has 6 heteroatoms. The van der Waals surface area contributed by atoms with Crippen LogP contribution in [0.25, 0.3) is 0 Å². The second kappa shape index (κ2) is 12.5. The van der Waals surface area contributed by atoms with Gasteiger partial charge in [0.1, 0.15) is 0 Å². The van der Waals surface area contributed by atoms with E-state index in [1.807, 2.05) is 7.05 Å². The van der Waals surface area contributed by atoms with E-state index in [1.54, 1.807) is 7.11 Å². The van der Waals surface area contributed by atoms with Crippen LogP contribution in [0.15, 0.2) is 4.99 Å². The maximum absolute atomic E-state index is 6.04. The van der Waals surface area contributed by atoms with Crippen molar-refractivity contribution in [3.8, 4) is 0 Å². The molecule has 0 radical (unpaired) electrons. The van der Waals surface area contributed by atoms with Gasteiger partial charge < -0.3 is 25.0 Å². The Morgan fingerprint density at radius 1 is 1.04 bits per heavy atom. The maximum atomic E-state index is 6.04. The average molecular weight is 355 g/mol. The van der Waals surface area contributed by atoms with E-state index >= 15 is 0 Å². The fourth-order valence-corrected chi connectivity index (χ4v) is 3.71. The van der Waals surface area contributed by atoms with Gasteiger partial charge in [0.2, 0.25) is 0 Å². The highest BCUT2D eigenvalue weighted by Gasteiger charge is 2.19. The molecule has 0 unspecified atom stereocenters. The summed E-state index contributed by atoms with van der Waals surface area (Å²) >= 11 is 0. The first-order chi connectivity index (χ1) is 12.3. The summed E-state index contributed by atoms with van der Waals surface area (Å²) in [5.41, 5.74) is 0. The van der Waals surface area contributed by atoms with Crippen LogP contribution in [0.1, 0.15) is 51.4 Å². The summed E-state index contributed by atoms with van der Waals surface area (Å²) in [6.45, 7) is 5.70. The van der Waals surface area contributed by atoms with Crippen molar-refractivity contribution in [2.75, 3.05) is 53.6 Å². The Kier molecular flexibility index (Phi) is 10.2. The Balaban J connectivity index is 1.56. The number of ether oxygens (including phenoxy) is 2. The van der Waals surface area contributed by atoms with Crippen molar-refractivity contribution < 1.29 is 9.47 Å². The van der Waals surface area contributed by atoms with Gasteiger partial charge in [-0.3, -0.25) is 4.99 Å². The minimum Gasteiger partial charge on any atom is -0.383 e. The molecule has 0 aromatic heterocycles. The number of piperidine rings is 1. The highest BCUT2D eigenvalue weighted by Crippen LogP contribution is 2.19. The van der Waals surface area contributed by atoms with Crippen molar-refractivity contribution in [1.82, 2.24) is 15.5 Å². The first-order valence-corrected chi connectivity index (χ1v) is 10.1. The largest absolute Gasteiger partial charge is 0.383 e. The molecule has 6 nitrogen and oxygen atoms in total. The molecule has 2 aliphatic rings. The minimum atomic E-state index is 0.468. The molecule has 1 aliphatic carbocycles. The maximum Gasteiger partial charge on any atom is 0.191 e. The number of likely N-dealkylation sites (tertiary alicyclic amines) is 1. The van der Waals surface area contributed by atoms with Gasteiger partial charge in [-0.2, -0.15) is 0 Å². The van der Waals surface area contributed by atoms with E-state index in [0.717, 1.165) is 58.2 Å². The fraction of sp³-hybridized carbons (Fsp3) is 0.947. The van der Waals surface area contributed by atoms with Crippen LogP contribution in [0.4, 0.5) is 0 Å². The molecule has 1 saturated heterocycles. The lowest BCUT2D eigenvalue weighted by Gasteiger charge is -2.32. The number of rotatable bonds is 8. The first-order valence-electron chi connectivity index (χ1n) is 10.1. The van der Waals surface area contributed by atoms with E-state index < -0.39 is 0 Å². The summed E-state index contributed by atoms with van der Waals surface area (Å²) in [4.78, 5) is 6.83. The minimum absolute atomic E-state index is 0.468. The Morgan fingerprint density at radius 3 is 2.40 bits per heavy atom. The molecule has 0 aromatic carbocycles. The second-order valence-electron chi connectivity index (χ2n) is 7.24. The van der Waals surface area contributed by atoms with Crippen LogP contribution in [0.3, 0.4) is 0 Å². The van der Waals surface area contributed by atoms with Gasteiger partial charge in [-0.25, -0.2) is 0 Å². The predicted octanol–water partition coefficient (Wildman–Crippen LogP) is 2.00. The standard InChI is InChI=1S/C19H38N4O2/c1-20-19(21-11-15-25-18-7-5-3-4-6-8-18)22-17-9-12-23(13-10-17)14-16-24-2/h17-18H,3-16H2,1-2H3,(H2,20,21,22). The molecule has 2 rings (SSSR count). The van der Waals surface area contributed by atoms with Crippen LogP contribution in [0.2, 0.25) is 0 Å². The lowest BCUT2D eigenvalue weighted by molar-refractivity contribution is 0.0467. The first kappa shape index (κ1) is 20.5. The zero-order valence-corrected chi connectivity index (χ0v) is 16.3. The summed E-state index contributed by atoms with van der Waals surface area (Å²) in [6.07, 6.45) is 10.6. The lowest BCUT2D eigenvalue weighted by atomic mass is 10.1. The summed E-state index contributed by atoms with van der Waals surface area (Å²) in [5.74, 6) is 0.903. The molecular formula is C19H38N4O2. The zero-order chi connectivity index (χ0) is 17.7. The van der Waals surface area contributed by atoms with Crippen LogP contribution < -0.4 is 10.6 Å².